The van der Waals surface area contributed by atoms with Crippen molar-refractivity contribution in [3.63, 3.8) is 0 Å². The lowest BCUT2D eigenvalue weighted by Crippen LogP contribution is -2.12. The number of nitrogens with zero attached hydrogens (tertiary/aromatic N) is 2. The molecule has 0 saturated carbocycles. The second kappa shape index (κ2) is 4.72. The van der Waals surface area contributed by atoms with E-state index < -0.39 is 0 Å². The van der Waals surface area contributed by atoms with Gasteiger partial charge in [0.1, 0.15) is 11.4 Å². The van der Waals surface area contributed by atoms with Crippen LogP contribution in [0.2, 0.25) is 0 Å². The lowest BCUT2D eigenvalue weighted by Gasteiger charge is -2.05. The van der Waals surface area contributed by atoms with Crippen LogP contribution in [0.5, 0.6) is 0 Å². The molecular weight excluding hydrogens is 252 g/mol. The minimum Gasteiger partial charge on any atom is -0.293 e. The molecule has 3 nitrogen and oxygen atoms in total. The van der Waals surface area contributed by atoms with E-state index in [2.05, 4.69) is 25.9 Å². The summed E-state index contributed by atoms with van der Waals surface area (Å²) in [5.74, 6) is 0.0185. The Hall–Kier alpha value is -0.420. The second-order valence-electron chi connectivity index (χ2n) is 2.43. The molecule has 1 heterocycles. The number of aromatic nitrogens is 2. The predicted octanol–water partition coefficient (Wildman–Crippen LogP) is 2.16. The molecule has 1 atom stereocenters. The van der Waals surface area contributed by atoms with Crippen molar-refractivity contribution in [1.82, 2.24) is 9.97 Å². The number of ketones is 1. The van der Waals surface area contributed by atoms with Crippen LogP contribution in [-0.4, -0.2) is 26.8 Å². The summed E-state index contributed by atoms with van der Waals surface area (Å²) >= 11 is 4.67. The van der Waals surface area contributed by atoms with E-state index in [1.807, 2.05) is 6.26 Å². The predicted molar refractivity (Wildman–Crippen MR) is 56.5 cm³/mol. The number of halogens is 1. The highest BCUT2D eigenvalue weighted by Crippen LogP contribution is 2.19. The van der Waals surface area contributed by atoms with Gasteiger partial charge in [-0.25, -0.2) is 9.97 Å². The van der Waals surface area contributed by atoms with Gasteiger partial charge in [0.25, 0.3) is 0 Å². The first-order valence-corrected chi connectivity index (χ1v) is 5.83. The van der Waals surface area contributed by atoms with E-state index in [0.29, 0.717) is 5.56 Å². The first kappa shape index (κ1) is 10.7. The van der Waals surface area contributed by atoms with Crippen molar-refractivity contribution in [2.75, 3.05) is 6.26 Å². The Morgan fingerprint density at radius 2 is 2.38 bits per heavy atom. The molecule has 0 N–H and O–H groups in total. The first-order valence-electron chi connectivity index (χ1n) is 3.69. The van der Waals surface area contributed by atoms with Gasteiger partial charge in [-0.3, -0.25) is 4.79 Å². The van der Waals surface area contributed by atoms with E-state index >= 15 is 0 Å². The maximum Gasteiger partial charge on any atom is 0.180 e. The van der Waals surface area contributed by atoms with Crippen LogP contribution >= 0.6 is 27.7 Å². The normalized spacial score (nSPS) is 12.5. The smallest absolute Gasteiger partial charge is 0.180 e. The van der Waals surface area contributed by atoms with Gasteiger partial charge in [-0.05, 0) is 13.2 Å². The zero-order valence-corrected chi connectivity index (χ0v) is 9.72. The minimum absolute atomic E-state index is 0.0185. The number of carbonyl (C=O) groups excluding carboxylic acids is 1. The van der Waals surface area contributed by atoms with Gasteiger partial charge in [-0.2, -0.15) is 0 Å². The molecule has 0 radical (unpaired) electrons. The minimum atomic E-state index is -0.190. The molecular formula is C8H9BrN2OS. The Kier molecular flexibility index (Phi) is 3.87. The summed E-state index contributed by atoms with van der Waals surface area (Å²) in [6.07, 6.45) is 4.89. The lowest BCUT2D eigenvalue weighted by atomic mass is 10.2. The van der Waals surface area contributed by atoms with Crippen molar-refractivity contribution < 1.29 is 4.79 Å². The molecule has 0 saturated heterocycles. The molecule has 0 aliphatic rings. The van der Waals surface area contributed by atoms with Gasteiger partial charge in [-0.1, -0.05) is 15.9 Å². The number of hydrogen-bond donors (Lipinski definition) is 0. The zero-order valence-electron chi connectivity index (χ0n) is 7.32. The van der Waals surface area contributed by atoms with Crippen LogP contribution in [0.3, 0.4) is 0 Å². The molecule has 0 aliphatic carbocycles. The van der Waals surface area contributed by atoms with E-state index in [1.165, 1.54) is 18.1 Å². The molecule has 0 aromatic carbocycles. The number of hydrogen-bond acceptors (Lipinski definition) is 4. The highest BCUT2D eigenvalue weighted by molar-refractivity contribution is 9.10. The van der Waals surface area contributed by atoms with Gasteiger partial charge in [0.05, 0.1) is 10.4 Å². The fourth-order valence-corrected chi connectivity index (χ4v) is 1.64. The van der Waals surface area contributed by atoms with Gasteiger partial charge >= 0.3 is 0 Å². The average Bonchev–Trinajstić information content (AvgIpc) is 2.16. The molecule has 1 aromatic heterocycles. The molecule has 13 heavy (non-hydrogen) atoms. The van der Waals surface area contributed by atoms with Crippen LogP contribution in [0.15, 0.2) is 17.6 Å². The summed E-state index contributed by atoms with van der Waals surface area (Å²) in [6, 6.07) is 0. The Balaban J connectivity index is 3.06. The van der Waals surface area contributed by atoms with Crippen molar-refractivity contribution in [2.45, 2.75) is 16.8 Å². The van der Waals surface area contributed by atoms with Gasteiger partial charge in [0, 0.05) is 6.20 Å². The molecule has 5 heteroatoms. The zero-order chi connectivity index (χ0) is 9.84. The number of carbonyl (C=O) groups is 1. The molecule has 1 unspecified atom stereocenters. The number of rotatable bonds is 3. The van der Waals surface area contributed by atoms with E-state index in [9.17, 15) is 4.79 Å². The number of Topliss-reactive ketones (excluding diaryl/α,β-unsaturated/α-hetero) is 1. The fourth-order valence-electron chi connectivity index (χ4n) is 0.864. The number of alkyl halides is 1. The molecule has 0 amide bonds. The van der Waals surface area contributed by atoms with E-state index in [4.69, 9.17) is 0 Å². The quantitative estimate of drug-likeness (QED) is 0.362. The molecule has 70 valence electrons. The van der Waals surface area contributed by atoms with Crippen LogP contribution < -0.4 is 0 Å². The average molecular weight is 261 g/mol. The third-order valence-corrected chi connectivity index (χ3v) is 2.62. The van der Waals surface area contributed by atoms with Crippen molar-refractivity contribution in [3.8, 4) is 0 Å². The van der Waals surface area contributed by atoms with Crippen LogP contribution in [-0.2, 0) is 0 Å². The summed E-state index contributed by atoms with van der Waals surface area (Å²) in [5.41, 5.74) is 0.583. The molecule has 0 fully saturated rings. The molecule has 1 aromatic rings. The van der Waals surface area contributed by atoms with Gasteiger partial charge in [-0.15, -0.1) is 11.8 Å². The van der Waals surface area contributed by atoms with Crippen molar-refractivity contribution >= 4 is 33.5 Å². The van der Waals surface area contributed by atoms with Crippen LogP contribution in [0.1, 0.15) is 17.3 Å². The van der Waals surface area contributed by atoms with E-state index in [-0.39, 0.29) is 10.6 Å². The Labute approximate surface area is 89.5 Å². The summed E-state index contributed by atoms with van der Waals surface area (Å²) in [5, 5.41) is 0.728. The highest BCUT2D eigenvalue weighted by atomic mass is 79.9. The SMILES string of the molecule is CSc1ncncc1C(=O)C(C)Br. The van der Waals surface area contributed by atoms with Crippen LogP contribution in [0, 0.1) is 0 Å². The Bertz CT molecular complexity index is 317. The molecule has 1 rings (SSSR count). The first-order chi connectivity index (χ1) is 6.16. The number of thioether (sulfide) groups is 1. The standard InChI is InChI=1S/C8H9BrN2OS/c1-5(9)7(12)6-3-10-4-11-8(6)13-2/h3-5H,1-2H3. The Morgan fingerprint density at radius 3 is 2.92 bits per heavy atom. The third-order valence-electron chi connectivity index (χ3n) is 1.50. The monoisotopic (exact) mass is 260 g/mol. The summed E-state index contributed by atoms with van der Waals surface area (Å²) in [4.78, 5) is 19.2. The lowest BCUT2D eigenvalue weighted by molar-refractivity contribution is 0.0992. The van der Waals surface area contributed by atoms with E-state index in [0.717, 1.165) is 5.03 Å². The summed E-state index contributed by atoms with van der Waals surface area (Å²) in [7, 11) is 0. The topological polar surface area (TPSA) is 42.9 Å². The summed E-state index contributed by atoms with van der Waals surface area (Å²) < 4.78 is 0. The van der Waals surface area contributed by atoms with Crippen molar-refractivity contribution in [2.24, 2.45) is 0 Å². The maximum atomic E-state index is 11.6. The van der Waals surface area contributed by atoms with Crippen molar-refractivity contribution in [1.29, 1.82) is 0 Å². The summed E-state index contributed by atoms with van der Waals surface area (Å²) in [6.45, 7) is 1.79. The van der Waals surface area contributed by atoms with Gasteiger partial charge in [0.15, 0.2) is 5.78 Å². The largest absolute Gasteiger partial charge is 0.293 e. The maximum absolute atomic E-state index is 11.6. The van der Waals surface area contributed by atoms with Crippen molar-refractivity contribution in [3.05, 3.63) is 18.1 Å². The fraction of sp³-hybridized carbons (Fsp3) is 0.375. The van der Waals surface area contributed by atoms with Crippen LogP contribution in [0.4, 0.5) is 0 Å². The third kappa shape index (κ3) is 2.51. The molecule has 0 aliphatic heterocycles. The second-order valence-corrected chi connectivity index (χ2v) is 4.59. The highest BCUT2D eigenvalue weighted by Gasteiger charge is 2.16. The van der Waals surface area contributed by atoms with Crippen LogP contribution in [0.25, 0.3) is 0 Å². The molecule has 0 bridgehead atoms. The molecule has 0 spiro atoms. The Morgan fingerprint density at radius 1 is 1.69 bits per heavy atom. The van der Waals surface area contributed by atoms with E-state index in [1.54, 1.807) is 13.1 Å². The van der Waals surface area contributed by atoms with Gasteiger partial charge < -0.3 is 0 Å². The van der Waals surface area contributed by atoms with Gasteiger partial charge in [0.2, 0.25) is 0 Å².